The van der Waals surface area contributed by atoms with E-state index in [-0.39, 0.29) is 10.3 Å². The first-order chi connectivity index (χ1) is 9.82. The van der Waals surface area contributed by atoms with Gasteiger partial charge in [-0.3, -0.25) is 0 Å². The van der Waals surface area contributed by atoms with Crippen molar-refractivity contribution in [3.05, 3.63) is 38.4 Å². The third-order valence-corrected chi connectivity index (χ3v) is 8.72. The Labute approximate surface area is 141 Å². The van der Waals surface area contributed by atoms with Gasteiger partial charge in [-0.05, 0) is 48.0 Å². The fourth-order valence-corrected chi connectivity index (χ4v) is 6.82. The summed E-state index contributed by atoms with van der Waals surface area (Å²) in [5, 5.41) is 0.433. The molecule has 0 saturated heterocycles. The van der Waals surface area contributed by atoms with Crippen molar-refractivity contribution in [1.29, 1.82) is 0 Å². The maximum atomic E-state index is 12.8. The summed E-state index contributed by atoms with van der Waals surface area (Å²) in [6, 6.07) is 5.36. The summed E-state index contributed by atoms with van der Waals surface area (Å²) in [5.74, 6) is 0. The first kappa shape index (κ1) is 15.6. The number of sulfonamides is 1. The quantitative estimate of drug-likeness (QED) is 0.751. The minimum absolute atomic E-state index is 0.183. The molecule has 0 radical (unpaired) electrons. The molecule has 0 saturated carbocycles. The van der Waals surface area contributed by atoms with E-state index in [2.05, 4.69) is 20.5 Å². The Kier molecular flexibility index (Phi) is 3.99. The molecule has 1 aliphatic heterocycles. The molecule has 2 aromatic heterocycles. The van der Waals surface area contributed by atoms with Crippen LogP contribution in [0.3, 0.4) is 0 Å². The number of nitrogens with zero attached hydrogens (tertiary/aromatic N) is 2. The topological polar surface area (TPSA) is 42.3 Å². The van der Waals surface area contributed by atoms with Gasteiger partial charge in [-0.15, -0.1) is 11.3 Å². The lowest BCUT2D eigenvalue weighted by Crippen LogP contribution is -2.40. The SMILES string of the molecule is Cc1ccc2n1CCN(S(=O)(=O)c1cc(Cl)c(Br)s1)C2C. The van der Waals surface area contributed by atoms with Crippen molar-refractivity contribution in [3.63, 3.8) is 0 Å². The average Bonchev–Trinajstić information content (AvgIpc) is 2.95. The molecule has 0 aromatic carbocycles. The van der Waals surface area contributed by atoms with Crippen molar-refractivity contribution in [2.45, 2.75) is 30.6 Å². The summed E-state index contributed by atoms with van der Waals surface area (Å²) >= 11 is 10.4. The summed E-state index contributed by atoms with van der Waals surface area (Å²) < 4.78 is 30.3. The molecule has 0 amide bonds. The van der Waals surface area contributed by atoms with Crippen LogP contribution in [0.15, 0.2) is 26.2 Å². The summed E-state index contributed by atoms with van der Waals surface area (Å²) in [6.45, 7) is 5.11. The zero-order valence-corrected chi connectivity index (χ0v) is 15.5. The van der Waals surface area contributed by atoms with Crippen molar-refractivity contribution in [2.24, 2.45) is 0 Å². The van der Waals surface area contributed by atoms with Gasteiger partial charge in [0.1, 0.15) is 4.21 Å². The second-order valence-corrected chi connectivity index (χ2v) is 9.92. The number of fused-ring (bicyclic) bond motifs is 1. The van der Waals surface area contributed by atoms with Crippen molar-refractivity contribution >= 4 is 48.9 Å². The largest absolute Gasteiger partial charge is 0.346 e. The summed E-state index contributed by atoms with van der Waals surface area (Å²) in [7, 11) is -3.52. The third-order valence-electron chi connectivity index (χ3n) is 3.82. The van der Waals surface area contributed by atoms with E-state index in [1.54, 1.807) is 4.31 Å². The van der Waals surface area contributed by atoms with Gasteiger partial charge < -0.3 is 4.57 Å². The lowest BCUT2D eigenvalue weighted by atomic mass is 10.2. The molecule has 1 unspecified atom stereocenters. The second-order valence-electron chi connectivity index (χ2n) is 5.03. The number of hydrogen-bond donors (Lipinski definition) is 0. The van der Waals surface area contributed by atoms with Crippen LogP contribution in [-0.4, -0.2) is 23.8 Å². The van der Waals surface area contributed by atoms with Gasteiger partial charge in [0.25, 0.3) is 10.0 Å². The monoisotopic (exact) mass is 408 g/mol. The second kappa shape index (κ2) is 5.38. The van der Waals surface area contributed by atoms with Crippen LogP contribution in [0.1, 0.15) is 24.4 Å². The molecular formula is C13H14BrClN2O2S2. The molecule has 0 spiro atoms. The minimum atomic E-state index is -3.52. The maximum absolute atomic E-state index is 12.8. The normalized spacial score (nSPS) is 19.7. The van der Waals surface area contributed by atoms with E-state index in [0.717, 1.165) is 22.7 Å². The Balaban J connectivity index is 2.01. The number of hydrogen-bond acceptors (Lipinski definition) is 3. The van der Waals surface area contributed by atoms with Gasteiger partial charge in [0.15, 0.2) is 0 Å². The van der Waals surface area contributed by atoms with Gasteiger partial charge in [0, 0.05) is 24.5 Å². The fraction of sp³-hybridized carbons (Fsp3) is 0.385. The summed E-state index contributed by atoms with van der Waals surface area (Å²) in [6.07, 6.45) is 0. The number of halogens is 2. The van der Waals surface area contributed by atoms with Crippen LogP contribution in [0.4, 0.5) is 0 Å². The Morgan fingerprint density at radius 2 is 2.10 bits per heavy atom. The van der Waals surface area contributed by atoms with Crippen LogP contribution in [-0.2, 0) is 16.6 Å². The average molecular weight is 410 g/mol. The summed E-state index contributed by atoms with van der Waals surface area (Å²) in [5.41, 5.74) is 2.19. The highest BCUT2D eigenvalue weighted by Crippen LogP contribution is 2.39. The van der Waals surface area contributed by atoms with E-state index in [1.165, 1.54) is 6.07 Å². The van der Waals surface area contributed by atoms with Crippen LogP contribution >= 0.6 is 38.9 Å². The Hall–Kier alpha value is -0.340. The smallest absolute Gasteiger partial charge is 0.253 e. The highest BCUT2D eigenvalue weighted by molar-refractivity contribution is 9.11. The van der Waals surface area contributed by atoms with Gasteiger partial charge in [0.2, 0.25) is 0 Å². The van der Waals surface area contributed by atoms with Crippen LogP contribution < -0.4 is 0 Å². The molecule has 8 heteroatoms. The summed E-state index contributed by atoms with van der Waals surface area (Å²) in [4.78, 5) is 0. The number of rotatable bonds is 2. The Morgan fingerprint density at radius 3 is 2.71 bits per heavy atom. The van der Waals surface area contributed by atoms with Crippen molar-refractivity contribution in [3.8, 4) is 0 Å². The molecule has 2 aromatic rings. The highest BCUT2D eigenvalue weighted by atomic mass is 79.9. The zero-order chi connectivity index (χ0) is 15.4. The molecule has 0 fully saturated rings. The number of thiophene rings is 1. The minimum Gasteiger partial charge on any atom is -0.346 e. The molecule has 4 nitrogen and oxygen atoms in total. The van der Waals surface area contributed by atoms with E-state index in [1.807, 2.05) is 26.0 Å². The lowest BCUT2D eigenvalue weighted by Gasteiger charge is -2.34. The molecule has 0 N–H and O–H groups in total. The van der Waals surface area contributed by atoms with E-state index in [9.17, 15) is 8.42 Å². The van der Waals surface area contributed by atoms with Crippen LogP contribution in [0.2, 0.25) is 5.02 Å². The Morgan fingerprint density at radius 1 is 1.38 bits per heavy atom. The number of aryl methyl sites for hydroxylation is 1. The van der Waals surface area contributed by atoms with Crippen molar-refractivity contribution < 1.29 is 8.42 Å². The molecular weight excluding hydrogens is 396 g/mol. The first-order valence-electron chi connectivity index (χ1n) is 6.45. The van der Waals surface area contributed by atoms with E-state index in [0.29, 0.717) is 21.9 Å². The lowest BCUT2D eigenvalue weighted by molar-refractivity contribution is 0.281. The molecule has 0 bridgehead atoms. The van der Waals surface area contributed by atoms with Crippen LogP contribution in [0, 0.1) is 6.92 Å². The van der Waals surface area contributed by atoms with E-state index >= 15 is 0 Å². The standard InChI is InChI=1S/C13H14BrClN2O2S2/c1-8-3-4-11-9(2)17(6-5-16(8)11)21(18,19)12-7-10(15)13(14)20-12/h3-4,7,9H,5-6H2,1-2H3. The van der Waals surface area contributed by atoms with E-state index in [4.69, 9.17) is 11.6 Å². The van der Waals surface area contributed by atoms with Gasteiger partial charge in [0.05, 0.1) is 14.9 Å². The van der Waals surface area contributed by atoms with Gasteiger partial charge in [-0.1, -0.05) is 11.6 Å². The Bertz CT molecular complexity index is 778. The molecule has 1 atom stereocenters. The zero-order valence-electron chi connectivity index (χ0n) is 11.5. The van der Waals surface area contributed by atoms with E-state index < -0.39 is 10.0 Å². The van der Waals surface area contributed by atoms with Crippen LogP contribution in [0.25, 0.3) is 0 Å². The van der Waals surface area contributed by atoms with Gasteiger partial charge in [-0.2, -0.15) is 4.31 Å². The molecule has 0 aliphatic carbocycles. The van der Waals surface area contributed by atoms with Crippen molar-refractivity contribution in [2.75, 3.05) is 6.54 Å². The highest BCUT2D eigenvalue weighted by Gasteiger charge is 2.35. The van der Waals surface area contributed by atoms with Gasteiger partial charge >= 0.3 is 0 Å². The molecule has 3 rings (SSSR count). The first-order valence-corrected chi connectivity index (χ1v) is 9.88. The van der Waals surface area contributed by atoms with Crippen LogP contribution in [0.5, 0.6) is 0 Å². The van der Waals surface area contributed by atoms with Crippen molar-refractivity contribution in [1.82, 2.24) is 8.87 Å². The number of aromatic nitrogens is 1. The van der Waals surface area contributed by atoms with Gasteiger partial charge in [-0.25, -0.2) is 8.42 Å². The predicted molar refractivity (Wildman–Crippen MR) is 88.5 cm³/mol. The molecule has 114 valence electrons. The fourth-order valence-electron chi connectivity index (χ4n) is 2.70. The predicted octanol–water partition coefficient (Wildman–Crippen LogP) is 4.04. The molecule has 1 aliphatic rings. The maximum Gasteiger partial charge on any atom is 0.253 e. The molecule has 3 heterocycles. The third kappa shape index (κ3) is 2.49. The molecule has 21 heavy (non-hydrogen) atoms.